The maximum absolute atomic E-state index is 8.87. The number of nitrogens with two attached hydrogens (primary N) is 1. The fraction of sp³-hybridized carbons (Fsp3) is 0.182. The van der Waals surface area contributed by atoms with Gasteiger partial charge in [0.2, 0.25) is 0 Å². The Labute approximate surface area is 103 Å². The van der Waals surface area contributed by atoms with Crippen molar-refractivity contribution >= 4 is 17.2 Å². The monoisotopic (exact) mass is 245 g/mol. The number of hydrogen-bond donors (Lipinski definition) is 2. The topological polar surface area (TPSA) is 87.6 Å². The lowest BCUT2D eigenvalue weighted by atomic mass is 10.2. The summed E-state index contributed by atoms with van der Waals surface area (Å²) < 4.78 is 0. The minimum absolute atomic E-state index is 0.370. The number of pyridine rings is 1. The summed E-state index contributed by atoms with van der Waals surface area (Å²) in [6.45, 7) is 3.95. The van der Waals surface area contributed by atoms with Crippen molar-refractivity contribution in [1.29, 1.82) is 5.26 Å². The number of rotatable bonds is 2. The first-order valence-corrected chi connectivity index (χ1v) is 5.79. The van der Waals surface area contributed by atoms with Crippen LogP contribution in [0.4, 0.5) is 5.82 Å². The molecule has 0 aliphatic heterocycles. The summed E-state index contributed by atoms with van der Waals surface area (Å²) in [6.07, 6.45) is 0. The van der Waals surface area contributed by atoms with Crippen LogP contribution in [-0.4, -0.2) is 9.97 Å². The molecule has 0 aliphatic carbocycles. The maximum atomic E-state index is 8.87. The summed E-state index contributed by atoms with van der Waals surface area (Å²) in [5.41, 5.74) is 4.40. The van der Waals surface area contributed by atoms with Crippen LogP contribution in [0.15, 0.2) is 12.1 Å². The van der Waals surface area contributed by atoms with Crippen molar-refractivity contribution < 1.29 is 0 Å². The van der Waals surface area contributed by atoms with E-state index in [0.717, 1.165) is 21.3 Å². The minimum Gasteiger partial charge on any atom is -0.307 e. The van der Waals surface area contributed by atoms with E-state index < -0.39 is 0 Å². The molecule has 0 amide bonds. The van der Waals surface area contributed by atoms with E-state index >= 15 is 0 Å². The van der Waals surface area contributed by atoms with Crippen molar-refractivity contribution in [1.82, 2.24) is 9.97 Å². The average molecular weight is 245 g/mol. The maximum Gasteiger partial charge on any atom is 0.158 e. The van der Waals surface area contributed by atoms with E-state index in [2.05, 4.69) is 15.4 Å². The Bertz CT molecular complexity index is 596. The highest BCUT2D eigenvalue weighted by Gasteiger charge is 2.11. The molecule has 2 heterocycles. The summed E-state index contributed by atoms with van der Waals surface area (Å²) in [5, 5.41) is 9.86. The molecule has 0 saturated heterocycles. The fourth-order valence-corrected chi connectivity index (χ4v) is 2.38. The Balaban J connectivity index is 2.54. The van der Waals surface area contributed by atoms with Crippen molar-refractivity contribution in [3.05, 3.63) is 27.6 Å². The second-order valence-corrected chi connectivity index (χ2v) is 4.89. The third-order valence-corrected chi connectivity index (χ3v) is 3.18. The molecule has 6 heteroatoms. The molecule has 0 aliphatic rings. The molecular weight excluding hydrogens is 234 g/mol. The van der Waals surface area contributed by atoms with Gasteiger partial charge >= 0.3 is 0 Å². The van der Waals surface area contributed by atoms with E-state index in [9.17, 15) is 0 Å². The third-order valence-electron chi connectivity index (χ3n) is 2.30. The van der Waals surface area contributed by atoms with Gasteiger partial charge < -0.3 is 5.43 Å². The number of nitriles is 1. The van der Waals surface area contributed by atoms with Crippen molar-refractivity contribution in [2.45, 2.75) is 13.8 Å². The minimum atomic E-state index is 0.370. The van der Waals surface area contributed by atoms with Gasteiger partial charge in [0.15, 0.2) is 5.82 Å². The second-order valence-electron chi connectivity index (χ2n) is 3.49. The van der Waals surface area contributed by atoms with Gasteiger partial charge in [-0.25, -0.2) is 15.8 Å². The van der Waals surface area contributed by atoms with E-state index in [0.29, 0.717) is 11.4 Å². The number of thiazole rings is 1. The predicted molar refractivity (Wildman–Crippen MR) is 67.3 cm³/mol. The highest BCUT2D eigenvalue weighted by atomic mass is 32.1. The number of anilines is 1. The molecule has 86 valence electrons. The highest BCUT2D eigenvalue weighted by molar-refractivity contribution is 7.11. The van der Waals surface area contributed by atoms with Gasteiger partial charge in [0.25, 0.3) is 0 Å². The zero-order valence-electron chi connectivity index (χ0n) is 9.48. The van der Waals surface area contributed by atoms with Gasteiger partial charge in [0.05, 0.1) is 16.3 Å². The van der Waals surface area contributed by atoms with Crippen LogP contribution in [0.2, 0.25) is 0 Å². The smallest absolute Gasteiger partial charge is 0.158 e. The molecule has 0 fully saturated rings. The molecule has 17 heavy (non-hydrogen) atoms. The molecule has 2 aromatic heterocycles. The molecule has 0 radical (unpaired) electrons. The van der Waals surface area contributed by atoms with E-state index in [4.69, 9.17) is 11.1 Å². The van der Waals surface area contributed by atoms with Crippen molar-refractivity contribution in [3.63, 3.8) is 0 Å². The van der Waals surface area contributed by atoms with Crippen molar-refractivity contribution in [3.8, 4) is 17.5 Å². The summed E-state index contributed by atoms with van der Waals surface area (Å²) in [4.78, 5) is 9.81. The molecule has 2 aromatic rings. The lowest BCUT2D eigenvalue weighted by molar-refractivity contribution is 1.19. The lowest BCUT2D eigenvalue weighted by Crippen LogP contribution is -2.10. The van der Waals surface area contributed by atoms with Crippen LogP contribution in [0.5, 0.6) is 0 Å². The van der Waals surface area contributed by atoms with Crippen LogP contribution in [-0.2, 0) is 0 Å². The molecular formula is C11H11N5S. The molecule has 5 nitrogen and oxygen atoms in total. The molecule has 0 atom stereocenters. The number of aryl methyl sites for hydroxylation is 2. The fourth-order valence-electron chi connectivity index (χ4n) is 1.56. The molecule has 0 aromatic carbocycles. The Morgan fingerprint density at radius 2 is 2.12 bits per heavy atom. The summed E-state index contributed by atoms with van der Waals surface area (Å²) >= 11 is 1.62. The number of aromatic nitrogens is 2. The SMILES string of the molecule is Cc1nc(-c2ccc(C#N)c(NN)n2)c(C)s1. The van der Waals surface area contributed by atoms with E-state index in [1.807, 2.05) is 19.9 Å². The summed E-state index contributed by atoms with van der Waals surface area (Å²) in [6, 6.07) is 5.49. The number of nitrogens with one attached hydrogen (secondary N) is 1. The number of hydrazine groups is 1. The van der Waals surface area contributed by atoms with Crippen LogP contribution in [0.25, 0.3) is 11.4 Å². The Kier molecular flexibility index (Phi) is 3.04. The van der Waals surface area contributed by atoms with E-state index in [1.54, 1.807) is 23.5 Å². The van der Waals surface area contributed by atoms with Crippen LogP contribution >= 0.6 is 11.3 Å². The Morgan fingerprint density at radius 3 is 2.65 bits per heavy atom. The van der Waals surface area contributed by atoms with Crippen LogP contribution in [0.1, 0.15) is 15.4 Å². The molecule has 3 N–H and O–H groups in total. The first-order valence-electron chi connectivity index (χ1n) is 4.98. The van der Waals surface area contributed by atoms with Gasteiger partial charge in [-0.1, -0.05) is 0 Å². The first kappa shape index (κ1) is 11.5. The van der Waals surface area contributed by atoms with Gasteiger partial charge in [-0.05, 0) is 26.0 Å². The first-order chi connectivity index (χ1) is 8.15. The Morgan fingerprint density at radius 1 is 1.35 bits per heavy atom. The number of nitrogens with zero attached hydrogens (tertiary/aromatic N) is 3. The predicted octanol–water partition coefficient (Wildman–Crippen LogP) is 1.98. The van der Waals surface area contributed by atoms with Crippen LogP contribution < -0.4 is 11.3 Å². The largest absolute Gasteiger partial charge is 0.307 e. The Hall–Kier alpha value is -1.97. The second kappa shape index (κ2) is 4.49. The standard InChI is InChI=1S/C11H11N5S/c1-6-10(14-7(2)17-6)9-4-3-8(5-12)11(15-9)16-13/h3-4H,13H2,1-2H3,(H,15,16). The zero-order chi connectivity index (χ0) is 12.4. The molecule has 2 rings (SSSR count). The third kappa shape index (κ3) is 2.11. The summed E-state index contributed by atoms with van der Waals surface area (Å²) in [7, 11) is 0. The van der Waals surface area contributed by atoms with Crippen LogP contribution in [0.3, 0.4) is 0 Å². The lowest BCUT2D eigenvalue weighted by Gasteiger charge is -2.04. The van der Waals surface area contributed by atoms with E-state index in [1.165, 1.54) is 0 Å². The van der Waals surface area contributed by atoms with Crippen LogP contribution in [0, 0.1) is 25.2 Å². The molecule has 0 spiro atoms. The number of nitrogen functional groups attached to an aromatic ring is 1. The normalized spacial score (nSPS) is 10.0. The van der Waals surface area contributed by atoms with Crippen molar-refractivity contribution in [2.24, 2.45) is 5.84 Å². The average Bonchev–Trinajstić information content (AvgIpc) is 2.67. The zero-order valence-corrected chi connectivity index (χ0v) is 10.3. The molecule has 0 bridgehead atoms. The van der Waals surface area contributed by atoms with Crippen molar-refractivity contribution in [2.75, 3.05) is 5.43 Å². The van der Waals surface area contributed by atoms with Gasteiger partial charge in [-0.2, -0.15) is 5.26 Å². The van der Waals surface area contributed by atoms with Gasteiger partial charge in [-0.15, -0.1) is 11.3 Å². The van der Waals surface area contributed by atoms with E-state index in [-0.39, 0.29) is 0 Å². The number of hydrogen-bond acceptors (Lipinski definition) is 6. The molecule has 0 unspecified atom stereocenters. The van der Waals surface area contributed by atoms with Gasteiger partial charge in [0.1, 0.15) is 11.8 Å². The molecule has 0 saturated carbocycles. The highest BCUT2D eigenvalue weighted by Crippen LogP contribution is 2.27. The summed E-state index contributed by atoms with van der Waals surface area (Å²) in [5.74, 6) is 5.71. The van der Waals surface area contributed by atoms with Gasteiger partial charge in [-0.3, -0.25) is 0 Å². The quantitative estimate of drug-likeness (QED) is 0.624. The van der Waals surface area contributed by atoms with Gasteiger partial charge in [0, 0.05) is 4.88 Å².